The van der Waals surface area contributed by atoms with Crippen molar-refractivity contribution < 1.29 is 4.55 Å². The van der Waals surface area contributed by atoms with Crippen LogP contribution in [0.3, 0.4) is 0 Å². The first kappa shape index (κ1) is 15.6. The molecule has 1 unspecified atom stereocenters. The third kappa shape index (κ3) is 2.25. The molecular weight excluding hydrogens is 380 g/mol. The van der Waals surface area contributed by atoms with Gasteiger partial charge in [0.2, 0.25) is 4.21 Å². The molecule has 27 heavy (non-hydrogen) atoms. The summed E-state index contributed by atoms with van der Waals surface area (Å²) < 4.78 is 15.7. The van der Waals surface area contributed by atoms with Crippen molar-refractivity contribution in [3.63, 3.8) is 0 Å². The Bertz CT molecular complexity index is 1290. The summed E-state index contributed by atoms with van der Waals surface area (Å²) in [6.45, 7) is 0. The number of rotatable bonds is 3. The highest BCUT2D eigenvalue weighted by atomic mass is 32.2. The summed E-state index contributed by atoms with van der Waals surface area (Å²) >= 11 is 0.497. The summed E-state index contributed by atoms with van der Waals surface area (Å²) in [6, 6.07) is 5.92. The van der Waals surface area contributed by atoms with Crippen molar-refractivity contribution in [1.82, 2.24) is 30.0 Å². The Balaban J connectivity index is 1.69. The van der Waals surface area contributed by atoms with E-state index in [1.807, 2.05) is 12.1 Å². The lowest BCUT2D eigenvalue weighted by molar-refractivity contribution is 0.478. The van der Waals surface area contributed by atoms with Gasteiger partial charge in [-0.15, -0.1) is 0 Å². The lowest BCUT2D eigenvalue weighted by atomic mass is 10.0. The van der Waals surface area contributed by atoms with E-state index < -0.39 is 11.2 Å². The van der Waals surface area contributed by atoms with Gasteiger partial charge in [0.05, 0.1) is 35.2 Å². The minimum Gasteiger partial charge on any atom is -0.611 e. The topological polar surface area (TPSA) is 94.8 Å². The molecule has 134 valence electrons. The molecule has 0 radical (unpaired) electrons. The fraction of sp³-hybridized carbons (Fsp3) is 0.222. The van der Waals surface area contributed by atoms with E-state index in [0.29, 0.717) is 0 Å². The lowest BCUT2D eigenvalue weighted by Crippen LogP contribution is -2.28. The van der Waals surface area contributed by atoms with E-state index in [1.54, 1.807) is 23.2 Å². The monoisotopic (exact) mass is 394 g/mol. The maximum Gasteiger partial charge on any atom is 0.234 e. The summed E-state index contributed by atoms with van der Waals surface area (Å²) in [6.07, 6.45) is 8.36. The molecule has 5 aromatic rings. The first-order valence-electron chi connectivity index (χ1n) is 8.76. The molecule has 0 spiro atoms. The molecule has 0 aromatic carbocycles. The molecule has 7 nitrogen and oxygen atoms in total. The van der Waals surface area contributed by atoms with Crippen molar-refractivity contribution in [2.75, 3.05) is 0 Å². The highest BCUT2D eigenvalue weighted by molar-refractivity contribution is 7.94. The zero-order valence-corrected chi connectivity index (χ0v) is 15.8. The summed E-state index contributed by atoms with van der Waals surface area (Å²) in [7, 11) is 0. The molecule has 0 aliphatic heterocycles. The third-order valence-electron chi connectivity index (χ3n) is 5.18. The van der Waals surface area contributed by atoms with Crippen LogP contribution < -0.4 is 0 Å². The van der Waals surface area contributed by atoms with Gasteiger partial charge in [-0.05, 0) is 37.5 Å². The zero-order chi connectivity index (χ0) is 18.0. The van der Waals surface area contributed by atoms with E-state index in [0.717, 1.165) is 61.4 Å². The average molecular weight is 394 g/mol. The van der Waals surface area contributed by atoms with E-state index in [4.69, 9.17) is 4.98 Å². The number of H-pyrrole nitrogens is 1. The molecule has 5 heterocycles. The standard InChI is InChI=1S/C18H14N6OS2/c25-27(11-2-1-3-11)18-16-15-12(14-5-7-21-24(14)23-16)8-13(22-17(15)26-18)10-4-6-19-20-9-10/h4-9,11,23H,1-3H2. The van der Waals surface area contributed by atoms with Crippen molar-refractivity contribution in [1.29, 1.82) is 0 Å². The number of pyridine rings is 1. The Labute approximate surface area is 160 Å². The number of aromatic amines is 1. The maximum atomic E-state index is 13.1. The molecule has 0 saturated heterocycles. The third-order valence-corrected chi connectivity index (χ3v) is 8.45. The predicted octanol–water partition coefficient (Wildman–Crippen LogP) is 3.54. The highest BCUT2D eigenvalue weighted by Crippen LogP contribution is 2.43. The van der Waals surface area contributed by atoms with Crippen molar-refractivity contribution in [3.05, 3.63) is 36.8 Å². The SMILES string of the molecule is [O-][S+](c1sc2nc(-c3ccnnc3)cc3c2c1[nH]n1nccc31)C1CCC1. The summed E-state index contributed by atoms with van der Waals surface area (Å²) in [5, 5.41) is 17.9. The molecule has 6 rings (SSSR count). The van der Waals surface area contributed by atoms with E-state index >= 15 is 0 Å². The number of nitrogens with one attached hydrogen (secondary N) is 1. The van der Waals surface area contributed by atoms with Crippen molar-refractivity contribution in [2.24, 2.45) is 0 Å². The molecule has 0 amide bonds. The first-order chi connectivity index (χ1) is 13.3. The van der Waals surface area contributed by atoms with Gasteiger partial charge in [0.25, 0.3) is 0 Å². The van der Waals surface area contributed by atoms with Gasteiger partial charge in [-0.2, -0.15) is 19.9 Å². The molecule has 0 bridgehead atoms. The maximum absolute atomic E-state index is 13.1. The molecule has 1 fully saturated rings. The fourth-order valence-corrected chi connectivity index (χ4v) is 6.82. The van der Waals surface area contributed by atoms with Gasteiger partial charge in [0.15, 0.2) is 0 Å². The van der Waals surface area contributed by atoms with E-state index in [2.05, 4.69) is 26.5 Å². The smallest absolute Gasteiger partial charge is 0.234 e. The Morgan fingerprint density at radius 1 is 1.22 bits per heavy atom. The van der Waals surface area contributed by atoms with Crippen LogP contribution in [0.15, 0.2) is 41.0 Å². The molecule has 9 heteroatoms. The number of fused-ring (bicyclic) bond motifs is 2. The molecule has 1 aliphatic carbocycles. The molecule has 1 saturated carbocycles. The Kier molecular flexibility index (Phi) is 3.31. The number of nitrogens with zero attached hydrogens (tertiary/aromatic N) is 5. The van der Waals surface area contributed by atoms with Gasteiger partial charge < -0.3 is 4.55 Å². The molecule has 5 aromatic heterocycles. The second kappa shape index (κ2) is 5.75. The van der Waals surface area contributed by atoms with Crippen LogP contribution in [0.2, 0.25) is 0 Å². The molecule has 1 aliphatic rings. The van der Waals surface area contributed by atoms with Crippen LogP contribution in [0.25, 0.3) is 37.9 Å². The fourth-order valence-electron chi connectivity index (χ4n) is 3.55. The second-order valence-electron chi connectivity index (χ2n) is 6.72. The predicted molar refractivity (Wildman–Crippen MR) is 105 cm³/mol. The largest absolute Gasteiger partial charge is 0.611 e. The zero-order valence-electron chi connectivity index (χ0n) is 14.1. The normalized spacial score (nSPS) is 16.3. The molecule has 1 N–H and O–H groups in total. The highest BCUT2D eigenvalue weighted by Gasteiger charge is 2.35. The van der Waals surface area contributed by atoms with Gasteiger partial charge in [0.1, 0.15) is 15.6 Å². The Hall–Kier alpha value is -2.49. The van der Waals surface area contributed by atoms with Crippen LogP contribution in [-0.2, 0) is 11.2 Å². The average Bonchev–Trinajstić information content (AvgIpc) is 3.27. The number of hydrogen-bond donors (Lipinski definition) is 1. The van der Waals surface area contributed by atoms with Crippen LogP contribution in [0.4, 0.5) is 0 Å². The van der Waals surface area contributed by atoms with Gasteiger partial charge in [-0.25, -0.2) is 4.98 Å². The van der Waals surface area contributed by atoms with Gasteiger partial charge >= 0.3 is 0 Å². The lowest BCUT2D eigenvalue weighted by Gasteiger charge is -2.26. The first-order valence-corrected chi connectivity index (χ1v) is 10.8. The number of thiophene rings is 1. The van der Waals surface area contributed by atoms with Crippen molar-refractivity contribution in [2.45, 2.75) is 28.7 Å². The number of hydrogen-bond acceptors (Lipinski definition) is 6. The van der Waals surface area contributed by atoms with Crippen molar-refractivity contribution >= 4 is 49.1 Å². The molecule has 1 atom stereocenters. The van der Waals surface area contributed by atoms with Gasteiger partial charge in [0, 0.05) is 22.1 Å². The van der Waals surface area contributed by atoms with Crippen LogP contribution in [0.5, 0.6) is 0 Å². The van der Waals surface area contributed by atoms with Crippen LogP contribution >= 0.6 is 11.3 Å². The van der Waals surface area contributed by atoms with Crippen molar-refractivity contribution in [3.8, 4) is 11.3 Å². The van der Waals surface area contributed by atoms with Gasteiger partial charge in [-0.1, -0.05) is 11.3 Å². The summed E-state index contributed by atoms with van der Waals surface area (Å²) in [5.74, 6) is 0. The summed E-state index contributed by atoms with van der Waals surface area (Å²) in [4.78, 5) is 5.75. The number of aromatic nitrogens is 6. The quantitative estimate of drug-likeness (QED) is 0.472. The Morgan fingerprint density at radius 2 is 2.15 bits per heavy atom. The summed E-state index contributed by atoms with van der Waals surface area (Å²) in [5.41, 5.74) is 3.59. The Morgan fingerprint density at radius 3 is 2.93 bits per heavy atom. The van der Waals surface area contributed by atoms with Crippen LogP contribution in [0, 0.1) is 0 Å². The van der Waals surface area contributed by atoms with Crippen LogP contribution in [0.1, 0.15) is 19.3 Å². The van der Waals surface area contributed by atoms with E-state index in [-0.39, 0.29) is 5.25 Å². The minimum absolute atomic E-state index is 0.252. The minimum atomic E-state index is -1.02. The second-order valence-corrected chi connectivity index (χ2v) is 9.65. The van der Waals surface area contributed by atoms with E-state index in [9.17, 15) is 4.55 Å². The van der Waals surface area contributed by atoms with E-state index in [1.165, 1.54) is 11.3 Å². The van der Waals surface area contributed by atoms with Crippen LogP contribution in [-0.4, -0.2) is 39.8 Å². The molecular formula is C18H14N6OS2. The van der Waals surface area contributed by atoms with Gasteiger partial charge in [-0.3, -0.25) is 5.10 Å².